The van der Waals surface area contributed by atoms with Gasteiger partial charge in [0, 0.05) is 22.2 Å². The molecule has 0 radical (unpaired) electrons. The van der Waals surface area contributed by atoms with Crippen molar-refractivity contribution in [3.8, 4) is 0 Å². The molecule has 2 aromatic carbocycles. The van der Waals surface area contributed by atoms with E-state index in [2.05, 4.69) is 10.6 Å². The Labute approximate surface area is 150 Å². The number of Topliss-reactive ketones (excluding diaryl/α,β-unsaturated/α-hetero) is 1. The van der Waals surface area contributed by atoms with Crippen LogP contribution in [0.3, 0.4) is 0 Å². The van der Waals surface area contributed by atoms with E-state index in [1.807, 2.05) is 31.2 Å². The Kier molecular flexibility index (Phi) is 4.63. The molecule has 3 rings (SSSR count). The van der Waals surface area contributed by atoms with Gasteiger partial charge in [0.2, 0.25) is 0 Å². The standard InChI is InChI=1S/C19H16N2O3S/c1-11-15-8-3-4-9-16(15)24-17(11)18(23)21-19(25)20-14-7-5-6-13(10-14)12(2)22/h3-10H,1-2H3,(H2,20,21,23,25). The van der Waals surface area contributed by atoms with Crippen LogP contribution in [0, 0.1) is 6.92 Å². The molecule has 0 aliphatic carbocycles. The highest BCUT2D eigenvalue weighted by Gasteiger charge is 2.18. The first kappa shape index (κ1) is 16.9. The van der Waals surface area contributed by atoms with Gasteiger partial charge in [-0.2, -0.15) is 0 Å². The minimum atomic E-state index is -0.422. The van der Waals surface area contributed by atoms with Crippen LogP contribution in [0.4, 0.5) is 5.69 Å². The highest BCUT2D eigenvalue weighted by atomic mass is 32.1. The van der Waals surface area contributed by atoms with E-state index in [1.54, 1.807) is 24.3 Å². The largest absolute Gasteiger partial charge is 0.451 e. The van der Waals surface area contributed by atoms with Gasteiger partial charge in [-0.1, -0.05) is 30.3 Å². The normalized spacial score (nSPS) is 10.5. The first-order chi connectivity index (χ1) is 12.0. The SMILES string of the molecule is CC(=O)c1cccc(NC(=S)NC(=O)c2oc3ccccc3c2C)c1. The van der Waals surface area contributed by atoms with Gasteiger partial charge >= 0.3 is 0 Å². The first-order valence-corrected chi connectivity index (χ1v) is 8.08. The number of nitrogens with one attached hydrogen (secondary N) is 2. The Morgan fingerprint density at radius 1 is 1.08 bits per heavy atom. The third-order valence-electron chi connectivity index (χ3n) is 3.80. The molecule has 0 atom stereocenters. The van der Waals surface area contributed by atoms with Crippen LogP contribution in [-0.2, 0) is 0 Å². The van der Waals surface area contributed by atoms with Gasteiger partial charge in [-0.25, -0.2) is 0 Å². The second-order valence-electron chi connectivity index (χ2n) is 5.60. The number of hydrogen-bond donors (Lipinski definition) is 2. The highest BCUT2D eigenvalue weighted by Crippen LogP contribution is 2.24. The Morgan fingerprint density at radius 2 is 1.84 bits per heavy atom. The zero-order chi connectivity index (χ0) is 18.0. The summed E-state index contributed by atoms with van der Waals surface area (Å²) >= 11 is 5.18. The van der Waals surface area contributed by atoms with E-state index >= 15 is 0 Å². The molecule has 0 saturated carbocycles. The zero-order valence-corrected chi connectivity index (χ0v) is 14.6. The molecule has 0 unspecified atom stereocenters. The van der Waals surface area contributed by atoms with Crippen molar-refractivity contribution in [1.82, 2.24) is 5.32 Å². The van der Waals surface area contributed by atoms with Gasteiger partial charge in [0.1, 0.15) is 5.58 Å². The fraction of sp³-hybridized carbons (Fsp3) is 0.105. The monoisotopic (exact) mass is 352 g/mol. The molecule has 0 bridgehead atoms. The van der Waals surface area contributed by atoms with Crippen molar-refractivity contribution in [1.29, 1.82) is 0 Å². The summed E-state index contributed by atoms with van der Waals surface area (Å²) in [5.41, 5.74) is 2.60. The third-order valence-corrected chi connectivity index (χ3v) is 4.01. The van der Waals surface area contributed by atoms with Gasteiger partial charge in [-0.3, -0.25) is 14.9 Å². The molecule has 1 aromatic heterocycles. The zero-order valence-electron chi connectivity index (χ0n) is 13.8. The van der Waals surface area contributed by atoms with Crippen LogP contribution in [0.2, 0.25) is 0 Å². The van der Waals surface area contributed by atoms with Crippen molar-refractivity contribution in [2.75, 3.05) is 5.32 Å². The van der Waals surface area contributed by atoms with E-state index in [9.17, 15) is 9.59 Å². The topological polar surface area (TPSA) is 71.3 Å². The maximum Gasteiger partial charge on any atom is 0.293 e. The third kappa shape index (κ3) is 3.59. The Hall–Kier alpha value is -2.99. The number of fused-ring (bicyclic) bond motifs is 1. The van der Waals surface area contributed by atoms with Gasteiger partial charge in [-0.05, 0) is 44.3 Å². The van der Waals surface area contributed by atoms with Crippen molar-refractivity contribution < 1.29 is 14.0 Å². The molecule has 0 aliphatic heterocycles. The summed E-state index contributed by atoms with van der Waals surface area (Å²) in [5.74, 6) is -0.242. The van der Waals surface area contributed by atoms with E-state index in [1.165, 1.54) is 6.92 Å². The lowest BCUT2D eigenvalue weighted by Gasteiger charge is -2.09. The van der Waals surface area contributed by atoms with Crippen LogP contribution in [0.5, 0.6) is 0 Å². The molecule has 0 fully saturated rings. The van der Waals surface area contributed by atoms with Crippen LogP contribution >= 0.6 is 12.2 Å². The quantitative estimate of drug-likeness (QED) is 0.549. The number of aryl methyl sites for hydroxylation is 1. The molecule has 1 amide bonds. The molecule has 25 heavy (non-hydrogen) atoms. The fourth-order valence-corrected chi connectivity index (χ4v) is 2.74. The van der Waals surface area contributed by atoms with Gasteiger partial charge in [0.25, 0.3) is 5.91 Å². The molecule has 1 heterocycles. The molecule has 0 aliphatic rings. The molecule has 6 heteroatoms. The summed E-state index contributed by atoms with van der Waals surface area (Å²) in [6.45, 7) is 3.32. The number of ketones is 1. The maximum atomic E-state index is 12.4. The molecule has 0 saturated heterocycles. The van der Waals surface area contributed by atoms with E-state index in [0.29, 0.717) is 16.8 Å². The van der Waals surface area contributed by atoms with Gasteiger partial charge in [-0.15, -0.1) is 0 Å². The Balaban J connectivity index is 1.74. The van der Waals surface area contributed by atoms with Crippen LogP contribution in [-0.4, -0.2) is 16.8 Å². The average molecular weight is 352 g/mol. The van der Waals surface area contributed by atoms with Crippen molar-refractivity contribution in [2.24, 2.45) is 0 Å². The van der Waals surface area contributed by atoms with Crippen molar-refractivity contribution in [3.05, 3.63) is 65.4 Å². The molecule has 3 aromatic rings. The van der Waals surface area contributed by atoms with Crippen LogP contribution < -0.4 is 10.6 Å². The smallest absolute Gasteiger partial charge is 0.293 e. The number of benzene rings is 2. The molecular weight excluding hydrogens is 336 g/mol. The fourth-order valence-electron chi connectivity index (χ4n) is 2.53. The maximum absolute atomic E-state index is 12.4. The van der Waals surface area contributed by atoms with Gasteiger partial charge in [0.05, 0.1) is 0 Å². The number of anilines is 1. The molecule has 2 N–H and O–H groups in total. The minimum Gasteiger partial charge on any atom is -0.451 e. The second kappa shape index (κ2) is 6.86. The second-order valence-corrected chi connectivity index (χ2v) is 6.01. The average Bonchev–Trinajstić information content (AvgIpc) is 2.92. The lowest BCUT2D eigenvalue weighted by atomic mass is 10.1. The van der Waals surface area contributed by atoms with Crippen LogP contribution in [0.25, 0.3) is 11.0 Å². The Bertz CT molecular complexity index is 991. The summed E-state index contributed by atoms with van der Waals surface area (Å²) in [5, 5.41) is 6.51. The summed E-state index contributed by atoms with van der Waals surface area (Å²) < 4.78 is 5.62. The molecule has 5 nitrogen and oxygen atoms in total. The number of rotatable bonds is 3. The van der Waals surface area contributed by atoms with Crippen LogP contribution in [0.15, 0.2) is 52.9 Å². The minimum absolute atomic E-state index is 0.0449. The van der Waals surface area contributed by atoms with Gasteiger partial charge in [0.15, 0.2) is 16.7 Å². The van der Waals surface area contributed by atoms with E-state index in [0.717, 1.165) is 10.9 Å². The van der Waals surface area contributed by atoms with E-state index in [4.69, 9.17) is 16.6 Å². The summed E-state index contributed by atoms with van der Waals surface area (Å²) in [7, 11) is 0. The lowest BCUT2D eigenvalue weighted by molar-refractivity contribution is 0.0951. The van der Waals surface area contributed by atoms with E-state index < -0.39 is 5.91 Å². The first-order valence-electron chi connectivity index (χ1n) is 7.67. The molecule has 0 spiro atoms. The predicted octanol–water partition coefficient (Wildman–Crippen LogP) is 4.07. The highest BCUT2D eigenvalue weighted by molar-refractivity contribution is 7.80. The molecular formula is C19H16N2O3S. The number of para-hydroxylation sites is 1. The number of thiocarbonyl (C=S) groups is 1. The summed E-state index contributed by atoms with van der Waals surface area (Å²) in [4.78, 5) is 23.9. The summed E-state index contributed by atoms with van der Waals surface area (Å²) in [6, 6.07) is 14.3. The van der Waals surface area contributed by atoms with Gasteiger partial charge < -0.3 is 9.73 Å². The van der Waals surface area contributed by atoms with Crippen molar-refractivity contribution >= 4 is 45.7 Å². The number of amides is 1. The van der Waals surface area contributed by atoms with Crippen molar-refractivity contribution in [2.45, 2.75) is 13.8 Å². The number of furan rings is 1. The summed E-state index contributed by atoms with van der Waals surface area (Å²) in [6.07, 6.45) is 0. The predicted molar refractivity (Wildman–Crippen MR) is 101 cm³/mol. The van der Waals surface area contributed by atoms with Crippen LogP contribution in [0.1, 0.15) is 33.4 Å². The molecule has 126 valence electrons. The number of carbonyl (C=O) groups is 2. The van der Waals surface area contributed by atoms with E-state index in [-0.39, 0.29) is 16.7 Å². The van der Waals surface area contributed by atoms with Crippen molar-refractivity contribution in [3.63, 3.8) is 0 Å². The number of hydrogen-bond acceptors (Lipinski definition) is 4. The number of carbonyl (C=O) groups excluding carboxylic acids is 2. The Morgan fingerprint density at radius 3 is 2.56 bits per heavy atom. The lowest BCUT2D eigenvalue weighted by Crippen LogP contribution is -2.34.